The molecular formula is C6H15O4P. The minimum Gasteiger partial charge on any atom is -0.346 e. The fraction of sp³-hybridized carbons (Fsp3) is 1.00. The molecule has 4 nitrogen and oxygen atoms in total. The summed E-state index contributed by atoms with van der Waals surface area (Å²) in [5.41, 5.74) is -1.04. The van der Waals surface area contributed by atoms with Crippen LogP contribution in [0.3, 0.4) is 0 Å². The molecule has 0 aliphatic heterocycles. The first kappa shape index (κ1) is 11.1. The molecular weight excluding hydrogens is 167 g/mol. The first-order valence-corrected chi connectivity index (χ1v) is 4.67. The molecule has 0 aliphatic carbocycles. The lowest BCUT2D eigenvalue weighted by Crippen LogP contribution is -2.28. The molecule has 1 unspecified atom stereocenters. The molecule has 0 bridgehead atoms. The zero-order valence-electron chi connectivity index (χ0n) is 7.34. The maximum atomic E-state index is 11.2. The Hall–Kier alpha value is 0.110. The highest BCUT2D eigenvalue weighted by Crippen LogP contribution is 2.42. The topological polar surface area (TPSA) is 44.8 Å². The van der Waals surface area contributed by atoms with Crippen LogP contribution in [0, 0.1) is 0 Å². The van der Waals surface area contributed by atoms with E-state index in [0.29, 0.717) is 6.42 Å². The summed E-state index contributed by atoms with van der Waals surface area (Å²) in [4.78, 5) is 0. The largest absolute Gasteiger partial charge is 0.346 e. The molecule has 0 fully saturated rings. The van der Waals surface area contributed by atoms with Gasteiger partial charge in [0.15, 0.2) is 0 Å². The molecule has 0 aromatic carbocycles. The lowest BCUT2D eigenvalue weighted by molar-refractivity contribution is -0.147. The van der Waals surface area contributed by atoms with Crippen molar-refractivity contribution in [3.63, 3.8) is 0 Å². The number of rotatable bonds is 5. The van der Waals surface area contributed by atoms with Gasteiger partial charge in [0.25, 0.3) is 0 Å². The van der Waals surface area contributed by atoms with E-state index < -0.39 is 13.6 Å². The van der Waals surface area contributed by atoms with Crippen molar-refractivity contribution in [1.82, 2.24) is 0 Å². The maximum Gasteiger partial charge on any atom is 0.249 e. The minimum absolute atomic E-state index is 0.506. The molecule has 0 aromatic rings. The predicted octanol–water partition coefficient (Wildman–Crippen LogP) is 1.46. The summed E-state index contributed by atoms with van der Waals surface area (Å²) in [5.74, 6) is 0. The second kappa shape index (κ2) is 4.88. The summed E-state index contributed by atoms with van der Waals surface area (Å²) in [6.07, 6.45) is 0.506. The van der Waals surface area contributed by atoms with Crippen LogP contribution in [0.2, 0.25) is 0 Å². The Kier molecular flexibility index (Phi) is 4.93. The molecule has 0 saturated heterocycles. The smallest absolute Gasteiger partial charge is 0.249 e. The van der Waals surface area contributed by atoms with Crippen molar-refractivity contribution in [3.8, 4) is 0 Å². The van der Waals surface area contributed by atoms with Gasteiger partial charge in [0.05, 0.1) is 0 Å². The van der Waals surface area contributed by atoms with Crippen molar-refractivity contribution >= 4 is 8.03 Å². The zero-order chi connectivity index (χ0) is 8.91. The molecule has 0 rings (SSSR count). The SMILES string of the molecule is CCC(OC)(OC)[PH](=O)OC. The molecule has 5 heteroatoms. The van der Waals surface area contributed by atoms with Gasteiger partial charge in [-0.2, -0.15) is 0 Å². The zero-order valence-corrected chi connectivity index (χ0v) is 8.34. The Bertz CT molecular complexity index is 124. The fourth-order valence-electron chi connectivity index (χ4n) is 0.839. The number of hydrogen-bond acceptors (Lipinski definition) is 4. The van der Waals surface area contributed by atoms with Crippen LogP contribution < -0.4 is 0 Å². The van der Waals surface area contributed by atoms with Crippen molar-refractivity contribution < 1.29 is 18.6 Å². The summed E-state index contributed by atoms with van der Waals surface area (Å²) < 4.78 is 25.9. The van der Waals surface area contributed by atoms with Gasteiger partial charge < -0.3 is 14.0 Å². The van der Waals surface area contributed by atoms with E-state index in [1.807, 2.05) is 6.92 Å². The first-order valence-electron chi connectivity index (χ1n) is 3.35. The standard InChI is InChI=1S/C6H15O4P/c1-5-6(8-2,9-3)11(7)10-4/h11H,5H2,1-4H3. The van der Waals surface area contributed by atoms with Crippen LogP contribution in [0.25, 0.3) is 0 Å². The second-order valence-electron chi connectivity index (χ2n) is 2.01. The van der Waals surface area contributed by atoms with Crippen molar-refractivity contribution in [2.75, 3.05) is 21.3 Å². The third-order valence-corrected chi connectivity index (χ3v) is 3.38. The minimum atomic E-state index is -2.27. The predicted molar refractivity (Wildman–Crippen MR) is 43.1 cm³/mol. The van der Waals surface area contributed by atoms with Crippen molar-refractivity contribution in [2.45, 2.75) is 18.9 Å². The van der Waals surface area contributed by atoms with Gasteiger partial charge >= 0.3 is 0 Å². The summed E-state index contributed by atoms with van der Waals surface area (Å²) in [7, 11) is 2.01. The number of methoxy groups -OCH3 is 2. The molecule has 1 atom stereocenters. The normalized spacial score (nSPS) is 14.9. The molecule has 0 aromatic heterocycles. The molecule has 68 valence electrons. The highest BCUT2D eigenvalue weighted by molar-refractivity contribution is 7.40. The van der Waals surface area contributed by atoms with Gasteiger partial charge in [-0.25, -0.2) is 0 Å². The van der Waals surface area contributed by atoms with Crippen molar-refractivity contribution in [1.29, 1.82) is 0 Å². The molecule has 11 heavy (non-hydrogen) atoms. The molecule has 0 saturated carbocycles. The van der Waals surface area contributed by atoms with Crippen molar-refractivity contribution in [3.05, 3.63) is 0 Å². The molecule has 0 N–H and O–H groups in total. The van der Waals surface area contributed by atoms with Gasteiger partial charge in [-0.1, -0.05) is 6.92 Å². The Morgan fingerprint density at radius 1 is 1.27 bits per heavy atom. The third-order valence-electron chi connectivity index (χ3n) is 1.62. The van der Waals surface area contributed by atoms with E-state index in [-0.39, 0.29) is 0 Å². The lowest BCUT2D eigenvalue weighted by atomic mass is 10.5. The highest BCUT2D eigenvalue weighted by Gasteiger charge is 2.35. The molecule has 0 amide bonds. The second-order valence-corrected chi connectivity index (χ2v) is 3.75. The number of ether oxygens (including phenoxy) is 2. The van der Waals surface area contributed by atoms with Gasteiger partial charge in [-0.15, -0.1) is 0 Å². The van der Waals surface area contributed by atoms with Gasteiger partial charge in [0.2, 0.25) is 13.6 Å². The van der Waals surface area contributed by atoms with E-state index in [2.05, 4.69) is 4.52 Å². The Morgan fingerprint density at radius 3 is 1.82 bits per heavy atom. The van der Waals surface area contributed by atoms with Gasteiger partial charge in [-0.05, 0) is 0 Å². The van der Waals surface area contributed by atoms with Crippen LogP contribution in [0.15, 0.2) is 0 Å². The van der Waals surface area contributed by atoms with Crippen LogP contribution in [-0.2, 0) is 18.6 Å². The van der Waals surface area contributed by atoms with E-state index in [1.165, 1.54) is 21.3 Å². The molecule has 0 radical (unpaired) electrons. The van der Waals surface area contributed by atoms with Crippen LogP contribution >= 0.6 is 8.03 Å². The van der Waals surface area contributed by atoms with Gasteiger partial charge in [-0.3, -0.25) is 4.57 Å². The van der Waals surface area contributed by atoms with Crippen LogP contribution in [0.1, 0.15) is 13.3 Å². The Labute approximate surface area is 67.7 Å². The maximum absolute atomic E-state index is 11.2. The monoisotopic (exact) mass is 182 g/mol. The average molecular weight is 182 g/mol. The fourth-order valence-corrected chi connectivity index (χ4v) is 1.77. The average Bonchev–Trinajstić information content (AvgIpc) is 2.08. The van der Waals surface area contributed by atoms with E-state index in [4.69, 9.17) is 9.47 Å². The van der Waals surface area contributed by atoms with Crippen LogP contribution in [0.5, 0.6) is 0 Å². The molecule has 0 heterocycles. The first-order chi connectivity index (χ1) is 5.16. The van der Waals surface area contributed by atoms with Crippen LogP contribution in [0.4, 0.5) is 0 Å². The third kappa shape index (κ3) is 2.27. The summed E-state index contributed by atoms with van der Waals surface area (Å²) >= 11 is 0. The number of hydrogen-bond donors (Lipinski definition) is 0. The summed E-state index contributed by atoms with van der Waals surface area (Å²) in [6.45, 7) is 1.83. The molecule has 0 aliphatic rings. The molecule has 0 spiro atoms. The summed E-state index contributed by atoms with van der Waals surface area (Å²) in [6, 6.07) is 0. The van der Waals surface area contributed by atoms with Gasteiger partial charge in [0, 0.05) is 27.8 Å². The van der Waals surface area contributed by atoms with E-state index in [1.54, 1.807) is 0 Å². The van der Waals surface area contributed by atoms with E-state index in [9.17, 15) is 4.57 Å². The quantitative estimate of drug-likeness (QED) is 0.477. The van der Waals surface area contributed by atoms with Gasteiger partial charge in [0.1, 0.15) is 0 Å². The highest BCUT2D eigenvalue weighted by atomic mass is 31.1. The van der Waals surface area contributed by atoms with E-state index in [0.717, 1.165) is 0 Å². The Balaban J connectivity index is 4.39. The lowest BCUT2D eigenvalue weighted by Gasteiger charge is -2.27. The van der Waals surface area contributed by atoms with Crippen molar-refractivity contribution in [2.24, 2.45) is 0 Å². The van der Waals surface area contributed by atoms with Crippen LogP contribution in [-0.4, -0.2) is 26.9 Å². The Morgan fingerprint density at radius 2 is 1.73 bits per heavy atom. The van der Waals surface area contributed by atoms with E-state index >= 15 is 0 Å². The summed E-state index contributed by atoms with van der Waals surface area (Å²) in [5, 5.41) is 0.